The Labute approximate surface area is 298 Å². The number of rotatable bonds is 14. The molecule has 12 heteroatoms. The van der Waals surface area contributed by atoms with E-state index in [1.807, 2.05) is 55.5 Å². The molecule has 0 spiro atoms. The summed E-state index contributed by atoms with van der Waals surface area (Å²) in [4.78, 5) is 60.0. The maximum atomic E-state index is 11.6. The lowest BCUT2D eigenvalue weighted by molar-refractivity contribution is -0.137. The fourth-order valence-electron chi connectivity index (χ4n) is 5.39. The van der Waals surface area contributed by atoms with Gasteiger partial charge in [-0.2, -0.15) is 0 Å². The number of hydrogen-bond donors (Lipinski definition) is 5. The second-order valence-corrected chi connectivity index (χ2v) is 13.8. The van der Waals surface area contributed by atoms with E-state index in [9.17, 15) is 44.4 Å². The lowest BCUT2D eigenvalue weighted by Crippen LogP contribution is -2.16. The highest BCUT2D eigenvalue weighted by atomic mass is 32.2. The molecule has 50 heavy (non-hydrogen) atoms. The maximum absolute atomic E-state index is 11.6. The van der Waals surface area contributed by atoms with Gasteiger partial charge >= 0.3 is 29.8 Å². The van der Waals surface area contributed by atoms with Crippen molar-refractivity contribution in [1.82, 2.24) is 0 Å². The first-order valence-electron chi connectivity index (χ1n) is 15.4. The van der Waals surface area contributed by atoms with E-state index in [0.29, 0.717) is 38.3 Å². The van der Waals surface area contributed by atoms with Gasteiger partial charge in [0.1, 0.15) is 0 Å². The average Bonchev–Trinajstić information content (AvgIpc) is 3.02. The maximum Gasteiger partial charge on any atom is 0.307 e. The van der Waals surface area contributed by atoms with Crippen LogP contribution in [0.5, 0.6) is 0 Å². The van der Waals surface area contributed by atoms with Crippen LogP contribution in [0.4, 0.5) is 0 Å². The molecule has 0 bridgehead atoms. The summed E-state index contributed by atoms with van der Waals surface area (Å²) in [5.41, 5.74) is 5.09. The van der Waals surface area contributed by atoms with Gasteiger partial charge in [-0.05, 0) is 108 Å². The summed E-state index contributed by atoms with van der Waals surface area (Å²) in [6.07, 6.45) is -1.26. The average molecular weight is 719 g/mol. The molecule has 0 aliphatic heterocycles. The number of carboxylic acids is 5. The fourth-order valence-corrected chi connectivity index (χ4v) is 7.60. The molecule has 0 heterocycles. The van der Waals surface area contributed by atoms with Gasteiger partial charge in [0.2, 0.25) is 0 Å². The third-order valence-electron chi connectivity index (χ3n) is 7.74. The van der Waals surface area contributed by atoms with Crippen molar-refractivity contribution in [3.63, 3.8) is 0 Å². The number of hydrogen-bond acceptors (Lipinski definition) is 7. The summed E-state index contributed by atoms with van der Waals surface area (Å²) >= 11 is 2.92. The highest BCUT2D eigenvalue weighted by Gasteiger charge is 2.25. The Hall–Kier alpha value is -5.07. The van der Waals surface area contributed by atoms with Crippen molar-refractivity contribution in [2.24, 2.45) is 0 Å². The van der Waals surface area contributed by atoms with Gasteiger partial charge in [-0.1, -0.05) is 59.9 Å². The second kappa shape index (κ2) is 18.1. The third-order valence-corrected chi connectivity index (χ3v) is 10.2. The first-order chi connectivity index (χ1) is 23.5. The summed E-state index contributed by atoms with van der Waals surface area (Å²) in [5.74, 6) is -5.13. The smallest absolute Gasteiger partial charge is 0.307 e. The number of aliphatic carboxylic acids is 5. The highest BCUT2D eigenvalue weighted by Crippen LogP contribution is 2.41. The van der Waals surface area contributed by atoms with Crippen LogP contribution in [0.3, 0.4) is 0 Å². The zero-order valence-corrected chi connectivity index (χ0v) is 29.6. The minimum absolute atomic E-state index is 0.0796. The third kappa shape index (κ3) is 11.5. The SMILES string of the molecule is Cc1cc(CC(=O)O)c(C)c(Sc2c(C)c(CC(=O)O)c(CC(=O)O)c(C)c2CC(=O)O)c1.O=C(O)Cc1ccc(Sc2ccccc2)cc1. The van der Waals surface area contributed by atoms with Crippen LogP contribution in [0, 0.1) is 27.7 Å². The summed E-state index contributed by atoms with van der Waals surface area (Å²) in [6.45, 7) is 6.90. The number of benzene rings is 4. The van der Waals surface area contributed by atoms with Crippen LogP contribution >= 0.6 is 23.5 Å². The molecule has 0 aliphatic carbocycles. The van der Waals surface area contributed by atoms with E-state index in [-0.39, 0.29) is 19.3 Å². The van der Waals surface area contributed by atoms with Crippen molar-refractivity contribution in [1.29, 1.82) is 0 Å². The topological polar surface area (TPSA) is 186 Å². The molecule has 0 amide bonds. The number of aryl methyl sites for hydroxylation is 1. The Kier molecular flexibility index (Phi) is 14.2. The molecule has 4 rings (SSSR count). The van der Waals surface area contributed by atoms with Crippen molar-refractivity contribution in [3.05, 3.63) is 117 Å². The van der Waals surface area contributed by atoms with Crippen LogP contribution in [0.2, 0.25) is 0 Å². The molecule has 0 atom stereocenters. The molecule has 0 unspecified atom stereocenters. The van der Waals surface area contributed by atoms with Crippen LogP contribution in [0.25, 0.3) is 0 Å². The van der Waals surface area contributed by atoms with E-state index in [1.165, 1.54) is 16.7 Å². The van der Waals surface area contributed by atoms with Crippen LogP contribution in [0.15, 0.2) is 86.3 Å². The van der Waals surface area contributed by atoms with E-state index in [2.05, 4.69) is 12.1 Å². The Bertz CT molecular complexity index is 1900. The second-order valence-electron chi connectivity index (χ2n) is 11.6. The molecule has 262 valence electrons. The normalized spacial score (nSPS) is 10.6. The molecule has 10 nitrogen and oxygen atoms in total. The van der Waals surface area contributed by atoms with Gasteiger partial charge in [-0.3, -0.25) is 24.0 Å². The minimum atomic E-state index is -1.14. The number of carboxylic acid groups (broad SMARTS) is 5. The van der Waals surface area contributed by atoms with Gasteiger partial charge in [0, 0.05) is 19.6 Å². The summed E-state index contributed by atoms with van der Waals surface area (Å²) in [5, 5.41) is 46.2. The van der Waals surface area contributed by atoms with Crippen molar-refractivity contribution < 1.29 is 49.5 Å². The molecule has 4 aromatic carbocycles. The lowest BCUT2D eigenvalue weighted by atomic mass is 9.88. The first kappa shape index (κ1) is 39.4. The monoisotopic (exact) mass is 718 g/mol. The van der Waals surface area contributed by atoms with Gasteiger partial charge in [-0.15, -0.1) is 0 Å². The molecule has 4 aromatic rings. The zero-order valence-electron chi connectivity index (χ0n) is 28.0. The van der Waals surface area contributed by atoms with Gasteiger partial charge in [0.25, 0.3) is 0 Å². The predicted molar refractivity (Wildman–Crippen MR) is 190 cm³/mol. The molecule has 0 aromatic heterocycles. The molecule has 0 radical (unpaired) electrons. The predicted octanol–water partition coefficient (Wildman–Crippen LogP) is 7.04. The van der Waals surface area contributed by atoms with E-state index >= 15 is 0 Å². The largest absolute Gasteiger partial charge is 0.481 e. The summed E-state index contributed by atoms with van der Waals surface area (Å²) in [6, 6.07) is 21.4. The van der Waals surface area contributed by atoms with Gasteiger partial charge in [0.05, 0.1) is 32.1 Å². The van der Waals surface area contributed by atoms with Crippen LogP contribution in [-0.4, -0.2) is 55.4 Å². The molecule has 0 saturated carbocycles. The van der Waals surface area contributed by atoms with E-state index < -0.39 is 42.7 Å². The Morgan fingerprint density at radius 1 is 0.500 bits per heavy atom. The molecular formula is C38H38O10S2. The van der Waals surface area contributed by atoms with Gasteiger partial charge in [-0.25, -0.2) is 0 Å². The molecular weight excluding hydrogens is 681 g/mol. The lowest BCUT2D eigenvalue weighted by Gasteiger charge is -2.23. The fraction of sp³-hybridized carbons (Fsp3) is 0.237. The quantitative estimate of drug-likeness (QED) is 0.0896. The number of carbonyl (C=O) groups is 5. The van der Waals surface area contributed by atoms with Crippen molar-refractivity contribution in [3.8, 4) is 0 Å². The van der Waals surface area contributed by atoms with Crippen molar-refractivity contribution >= 4 is 53.4 Å². The molecule has 0 saturated heterocycles. The standard InChI is InChI=1S/C24H26O8S.C14H12O2S/c1-11-5-15(7-20(25)26)12(2)19(6-11)33-24-14(4)17(9-22(29)30)16(8-21(27)28)13(3)18(24)10-23(31)32;15-14(16)10-11-6-8-13(9-7-11)17-12-4-2-1-3-5-12/h5-6H,7-10H2,1-4H3,(H,25,26)(H,27,28)(H,29,30)(H,31,32);1-9H,10H2,(H,15,16). The zero-order chi connectivity index (χ0) is 37.1. The van der Waals surface area contributed by atoms with Gasteiger partial charge in [0.15, 0.2) is 0 Å². The van der Waals surface area contributed by atoms with Crippen LogP contribution < -0.4 is 0 Å². The first-order valence-corrected chi connectivity index (χ1v) is 17.0. The van der Waals surface area contributed by atoms with Crippen molar-refractivity contribution in [2.45, 2.75) is 79.4 Å². The Balaban J connectivity index is 0.000000331. The Morgan fingerprint density at radius 2 is 0.980 bits per heavy atom. The summed E-state index contributed by atoms with van der Waals surface area (Å²) < 4.78 is 0. The Morgan fingerprint density at radius 3 is 1.50 bits per heavy atom. The molecule has 0 fully saturated rings. The van der Waals surface area contributed by atoms with E-state index in [4.69, 9.17) is 5.11 Å². The highest BCUT2D eigenvalue weighted by molar-refractivity contribution is 7.99. The van der Waals surface area contributed by atoms with Gasteiger partial charge < -0.3 is 25.5 Å². The minimum Gasteiger partial charge on any atom is -0.481 e. The van der Waals surface area contributed by atoms with Crippen molar-refractivity contribution in [2.75, 3.05) is 0 Å². The van der Waals surface area contributed by atoms with E-state index in [1.54, 1.807) is 38.6 Å². The summed E-state index contributed by atoms with van der Waals surface area (Å²) in [7, 11) is 0. The van der Waals surface area contributed by atoms with E-state index in [0.717, 1.165) is 26.5 Å². The molecule has 0 aliphatic rings. The van der Waals surface area contributed by atoms with Crippen LogP contribution in [-0.2, 0) is 56.1 Å². The van der Waals surface area contributed by atoms with Crippen LogP contribution in [0.1, 0.15) is 50.1 Å². The molecule has 5 N–H and O–H groups in total.